The van der Waals surface area contributed by atoms with Crippen LogP contribution >= 0.6 is 61.7 Å². The number of hydrogen-bond acceptors (Lipinski definition) is 0. The van der Waals surface area contributed by atoms with Crippen molar-refractivity contribution in [3.05, 3.63) is 193 Å². The highest BCUT2D eigenvalue weighted by molar-refractivity contribution is 14.1. The fraction of sp³-hybridized carbons (Fsp3) is 0.0256. The molecule has 0 aromatic heterocycles. The second-order valence-corrected chi connectivity index (χ2v) is 16.3. The molecular weight excluding hydrogens is 866 g/mol. The molecule has 0 saturated heterocycles. The number of rotatable bonds is 7. The average molecular weight is 897 g/mol. The minimum absolute atomic E-state index is 0. The molecule has 0 amide bonds. The van der Waals surface area contributed by atoms with E-state index in [4.69, 9.17) is 0 Å². The van der Waals surface area contributed by atoms with Crippen LogP contribution in [0.3, 0.4) is 0 Å². The van der Waals surface area contributed by atoms with Crippen molar-refractivity contribution in [2.24, 2.45) is 0 Å². The van der Waals surface area contributed by atoms with E-state index >= 15 is 0 Å². The maximum atomic E-state index is 3.78. The Morgan fingerprint density at radius 1 is 0.455 bits per heavy atom. The Labute approximate surface area is 303 Å². The second kappa shape index (κ2) is 17.4. The molecule has 0 bridgehead atoms. The van der Waals surface area contributed by atoms with Crippen molar-refractivity contribution in [1.29, 1.82) is 0 Å². The van der Waals surface area contributed by atoms with Gasteiger partial charge >= 0.3 is 0 Å². The molecule has 0 unspecified atom stereocenters. The molecule has 0 spiro atoms. The van der Waals surface area contributed by atoms with Gasteiger partial charge in [-0.2, -0.15) is 0 Å². The lowest BCUT2D eigenvalue weighted by molar-refractivity contribution is -0.00000788. The molecule has 0 aliphatic rings. The lowest BCUT2D eigenvalue weighted by atomic mass is 10.1. The van der Waals surface area contributed by atoms with Crippen LogP contribution in [-0.2, 0) is 6.16 Å². The Hall–Kier alpha value is -2.34. The molecule has 6 aromatic rings. The molecular formula is C39H31Br3IP. The first-order valence-electron chi connectivity index (χ1n) is 14.0. The molecule has 0 atom stereocenters. The summed E-state index contributed by atoms with van der Waals surface area (Å²) in [5, 5.41) is 4.24. The SMILES string of the molecule is Brc1ccccc1/C=C\c1ccccc1I.Brc1ccccc1C[P+](c1ccccc1)(c1ccccc1)c1ccccc1.[Br-]. The predicted molar refractivity (Wildman–Crippen MR) is 205 cm³/mol. The largest absolute Gasteiger partial charge is 1.00 e. The zero-order chi connectivity index (χ0) is 29.9. The zero-order valence-electron chi connectivity index (χ0n) is 23.9. The average Bonchev–Trinajstić information content (AvgIpc) is 3.06. The first-order valence-corrected chi connectivity index (χ1v) is 18.7. The molecule has 0 nitrogen and oxygen atoms in total. The smallest absolute Gasteiger partial charge is 0.116 e. The molecule has 0 aliphatic heterocycles. The van der Waals surface area contributed by atoms with Gasteiger partial charge in [0, 0.05) is 18.1 Å². The van der Waals surface area contributed by atoms with Crippen molar-refractivity contribution in [2.45, 2.75) is 6.16 Å². The highest BCUT2D eigenvalue weighted by Crippen LogP contribution is 2.58. The topological polar surface area (TPSA) is 0 Å². The molecule has 5 heteroatoms. The molecule has 6 rings (SSSR count). The monoisotopic (exact) mass is 894 g/mol. The van der Waals surface area contributed by atoms with Crippen molar-refractivity contribution in [3.63, 3.8) is 0 Å². The summed E-state index contributed by atoms with van der Waals surface area (Å²) in [6.45, 7) is 0. The van der Waals surface area contributed by atoms with Gasteiger partial charge in [-0.05, 0) is 88.3 Å². The van der Waals surface area contributed by atoms with Gasteiger partial charge in [0.1, 0.15) is 23.2 Å². The maximum Gasteiger partial charge on any atom is 0.116 e. The van der Waals surface area contributed by atoms with E-state index in [0.717, 1.165) is 10.6 Å². The zero-order valence-corrected chi connectivity index (χ0v) is 31.7. The van der Waals surface area contributed by atoms with E-state index in [1.165, 1.54) is 40.6 Å². The van der Waals surface area contributed by atoms with Gasteiger partial charge in [-0.15, -0.1) is 0 Å². The summed E-state index contributed by atoms with van der Waals surface area (Å²) >= 11 is 9.67. The highest BCUT2D eigenvalue weighted by atomic mass is 127. The minimum Gasteiger partial charge on any atom is -1.00 e. The first-order chi connectivity index (χ1) is 21.1. The Morgan fingerprint density at radius 3 is 1.32 bits per heavy atom. The van der Waals surface area contributed by atoms with E-state index in [1.54, 1.807) is 0 Å². The van der Waals surface area contributed by atoms with Crippen LogP contribution in [0.4, 0.5) is 0 Å². The van der Waals surface area contributed by atoms with Gasteiger partial charge in [-0.25, -0.2) is 0 Å². The van der Waals surface area contributed by atoms with Gasteiger partial charge in [0.15, 0.2) is 0 Å². The number of hydrogen-bond donors (Lipinski definition) is 0. The molecule has 0 radical (unpaired) electrons. The van der Waals surface area contributed by atoms with Crippen LogP contribution in [0.15, 0.2) is 173 Å². The Morgan fingerprint density at radius 2 is 0.841 bits per heavy atom. The van der Waals surface area contributed by atoms with Crippen molar-refractivity contribution < 1.29 is 17.0 Å². The van der Waals surface area contributed by atoms with Gasteiger partial charge in [0.2, 0.25) is 0 Å². The quantitative estimate of drug-likeness (QED) is 0.0863. The van der Waals surface area contributed by atoms with Crippen LogP contribution in [0.1, 0.15) is 16.7 Å². The Kier molecular flexibility index (Phi) is 13.6. The van der Waals surface area contributed by atoms with Crippen molar-refractivity contribution in [2.75, 3.05) is 0 Å². The summed E-state index contributed by atoms with van der Waals surface area (Å²) in [5.41, 5.74) is 3.79. The second-order valence-electron chi connectivity index (χ2n) is 9.94. The van der Waals surface area contributed by atoms with Gasteiger partial charge in [-0.1, -0.05) is 153 Å². The van der Waals surface area contributed by atoms with E-state index in [9.17, 15) is 0 Å². The third kappa shape index (κ3) is 8.68. The van der Waals surface area contributed by atoms with Crippen LogP contribution in [0.5, 0.6) is 0 Å². The van der Waals surface area contributed by atoms with E-state index in [2.05, 4.69) is 218 Å². The summed E-state index contributed by atoms with van der Waals surface area (Å²) in [4.78, 5) is 0. The van der Waals surface area contributed by atoms with Crippen molar-refractivity contribution in [3.8, 4) is 0 Å². The maximum absolute atomic E-state index is 3.78. The van der Waals surface area contributed by atoms with Gasteiger partial charge in [0.25, 0.3) is 0 Å². The predicted octanol–water partition coefficient (Wildman–Crippen LogP) is 8.17. The fourth-order valence-electron chi connectivity index (χ4n) is 5.05. The third-order valence-corrected chi connectivity index (χ3v) is 14.0. The minimum atomic E-state index is -1.83. The van der Waals surface area contributed by atoms with Crippen LogP contribution in [0, 0.1) is 3.57 Å². The molecule has 0 saturated carbocycles. The lowest BCUT2D eigenvalue weighted by Crippen LogP contribution is -3.00. The van der Waals surface area contributed by atoms with Gasteiger partial charge < -0.3 is 17.0 Å². The van der Waals surface area contributed by atoms with E-state index in [1.807, 2.05) is 12.1 Å². The van der Waals surface area contributed by atoms with E-state index < -0.39 is 7.26 Å². The molecule has 0 heterocycles. The molecule has 220 valence electrons. The molecule has 0 aliphatic carbocycles. The van der Waals surface area contributed by atoms with Crippen LogP contribution in [-0.4, -0.2) is 0 Å². The first kappa shape index (κ1) is 34.5. The van der Waals surface area contributed by atoms with Crippen LogP contribution < -0.4 is 32.9 Å². The fourth-order valence-corrected chi connectivity index (χ4v) is 10.9. The molecule has 6 aromatic carbocycles. The highest BCUT2D eigenvalue weighted by Gasteiger charge is 2.45. The van der Waals surface area contributed by atoms with E-state index in [-0.39, 0.29) is 17.0 Å². The standard InChI is InChI=1S/C25H21BrP.C14H10BrI.BrH/c26-25-19-11-10-12-21(25)20-27(22-13-4-1-5-14-22,23-15-6-2-7-16-23)24-17-8-3-9-18-24;15-13-7-3-1-5-11(13)9-10-12-6-2-4-8-14(12)16;/h1-19H,20H2;1-10H;1H/q+1;;/p-1/b;10-9-;. The molecule has 44 heavy (non-hydrogen) atoms. The van der Waals surface area contributed by atoms with Crippen LogP contribution in [0.2, 0.25) is 0 Å². The summed E-state index contributed by atoms with van der Waals surface area (Å²) in [5.74, 6) is 0. The normalized spacial score (nSPS) is 10.9. The molecule has 0 N–H and O–H groups in total. The summed E-state index contributed by atoms with van der Waals surface area (Å²) in [6.07, 6.45) is 5.26. The summed E-state index contributed by atoms with van der Waals surface area (Å²) < 4.78 is 3.57. The molecule has 0 fully saturated rings. The van der Waals surface area contributed by atoms with E-state index in [0.29, 0.717) is 0 Å². The third-order valence-electron chi connectivity index (χ3n) is 7.21. The van der Waals surface area contributed by atoms with Gasteiger partial charge in [-0.3, -0.25) is 0 Å². The van der Waals surface area contributed by atoms with Crippen molar-refractivity contribution in [1.82, 2.24) is 0 Å². The van der Waals surface area contributed by atoms with Crippen molar-refractivity contribution >= 4 is 89.8 Å². The van der Waals surface area contributed by atoms with Gasteiger partial charge in [0.05, 0.1) is 6.16 Å². The number of benzene rings is 6. The number of halogens is 4. The van der Waals surface area contributed by atoms with Crippen LogP contribution in [0.25, 0.3) is 12.2 Å². The Balaban J connectivity index is 0.000000223. The summed E-state index contributed by atoms with van der Waals surface area (Å²) in [7, 11) is -1.83. The summed E-state index contributed by atoms with van der Waals surface area (Å²) in [6, 6.07) is 58.2. The lowest BCUT2D eigenvalue weighted by Gasteiger charge is -2.28. The Bertz CT molecular complexity index is 1630.